The first-order valence-electron chi connectivity index (χ1n) is 2.32. The lowest BCUT2D eigenvalue weighted by Gasteiger charge is -2.04. The molecule has 2 heteroatoms. The predicted molar refractivity (Wildman–Crippen MR) is 34.4 cm³/mol. The maximum Gasteiger partial charge on any atom is -0.0787 e. The van der Waals surface area contributed by atoms with Crippen LogP contribution in [-0.2, 0) is 0 Å². The first-order valence-corrected chi connectivity index (χ1v) is 2.32. The van der Waals surface area contributed by atoms with Crippen LogP contribution in [0.15, 0.2) is 24.3 Å². The van der Waals surface area contributed by atoms with Gasteiger partial charge in [-0.05, 0) is 0 Å². The van der Waals surface area contributed by atoms with Crippen molar-refractivity contribution in [2.45, 2.75) is 0 Å². The Balaban J connectivity index is 3.03. The van der Waals surface area contributed by atoms with Gasteiger partial charge in [-0.3, -0.25) is 0 Å². The normalized spacial score (nSPS) is 9.00. The highest BCUT2D eigenvalue weighted by Gasteiger charge is 1.69. The Hall–Kier alpha value is -1.18. The summed E-state index contributed by atoms with van der Waals surface area (Å²) >= 11 is 0. The van der Waals surface area contributed by atoms with Crippen LogP contribution in [0.4, 0.5) is 11.4 Å². The predicted octanol–water partition coefficient (Wildman–Crippen LogP) is 3.05. The molecule has 0 saturated carbocycles. The first-order chi connectivity index (χ1) is 3.79. The molecule has 0 aliphatic rings. The average Bonchev–Trinajstić information content (AvgIpc) is 1.77. The molecule has 0 aromatic heterocycles. The molecule has 2 nitrogen and oxygen atoms in total. The molecule has 42 valence electrons. The van der Waals surface area contributed by atoms with E-state index in [1.165, 1.54) is 0 Å². The van der Waals surface area contributed by atoms with E-state index in [1.807, 2.05) is 0 Å². The van der Waals surface area contributed by atoms with E-state index in [0.717, 1.165) is 0 Å². The van der Waals surface area contributed by atoms with Crippen molar-refractivity contribution >= 4 is 11.4 Å². The van der Waals surface area contributed by atoms with Crippen molar-refractivity contribution < 1.29 is 0 Å². The zero-order valence-corrected chi connectivity index (χ0v) is 4.31. The van der Waals surface area contributed by atoms with Gasteiger partial charge in [0.2, 0.25) is 0 Å². The highest BCUT2D eigenvalue weighted by molar-refractivity contribution is 5.52. The molecule has 0 atom stereocenters. The van der Waals surface area contributed by atoms with Crippen molar-refractivity contribution in [3.8, 4) is 0 Å². The molecule has 1 aromatic rings. The highest BCUT2D eigenvalue weighted by atomic mass is 14.6. The molecular weight excluding hydrogens is 100 g/mol. The minimum atomic E-state index is 0.459. The van der Waals surface area contributed by atoms with Gasteiger partial charge in [0.1, 0.15) is 0 Å². The first kappa shape index (κ1) is 4.97. The van der Waals surface area contributed by atoms with Crippen LogP contribution >= 0.6 is 0 Å². The van der Waals surface area contributed by atoms with E-state index in [4.69, 9.17) is 11.5 Å². The molecule has 8 heavy (non-hydrogen) atoms. The Morgan fingerprint density at radius 2 is 1.00 bits per heavy atom. The van der Waals surface area contributed by atoms with Crippen LogP contribution < -0.4 is 0 Å². The summed E-state index contributed by atoms with van der Waals surface area (Å²) in [6.45, 7) is 0. The SMILES string of the molecule is [NH-]c1ccc([NH-])cc1. The van der Waals surface area contributed by atoms with Crippen molar-refractivity contribution in [2.75, 3.05) is 0 Å². The minimum Gasteiger partial charge on any atom is -0.699 e. The van der Waals surface area contributed by atoms with Crippen LogP contribution in [0.1, 0.15) is 0 Å². The summed E-state index contributed by atoms with van der Waals surface area (Å²) in [6, 6.07) is 6.40. The lowest BCUT2D eigenvalue weighted by atomic mass is 10.3. The number of nitrogens with one attached hydrogen (secondary N) is 2. The maximum absolute atomic E-state index is 7.01. The molecule has 0 heterocycles. The van der Waals surface area contributed by atoms with Gasteiger partial charge in [-0.2, -0.15) is 0 Å². The van der Waals surface area contributed by atoms with Crippen LogP contribution in [0.25, 0.3) is 11.5 Å². The molecule has 0 amide bonds. The second-order valence-electron chi connectivity index (χ2n) is 1.58. The van der Waals surface area contributed by atoms with E-state index >= 15 is 0 Å². The quantitative estimate of drug-likeness (QED) is 0.488. The van der Waals surface area contributed by atoms with E-state index < -0.39 is 0 Å². The van der Waals surface area contributed by atoms with Gasteiger partial charge in [-0.1, -0.05) is 24.3 Å². The summed E-state index contributed by atoms with van der Waals surface area (Å²) < 4.78 is 0. The monoisotopic (exact) mass is 106 g/mol. The second-order valence-corrected chi connectivity index (χ2v) is 1.58. The molecule has 0 fully saturated rings. The third kappa shape index (κ3) is 0.904. The van der Waals surface area contributed by atoms with Gasteiger partial charge in [0, 0.05) is 0 Å². The zero-order valence-electron chi connectivity index (χ0n) is 4.31. The Bertz CT molecular complexity index is 145. The van der Waals surface area contributed by atoms with Crippen LogP contribution in [0.2, 0.25) is 0 Å². The molecule has 0 saturated heterocycles. The molecule has 1 rings (SSSR count). The minimum absolute atomic E-state index is 0.459. The summed E-state index contributed by atoms with van der Waals surface area (Å²) in [5, 5.41) is 0. The third-order valence-electron chi connectivity index (χ3n) is 0.885. The van der Waals surface area contributed by atoms with Gasteiger partial charge in [0.15, 0.2) is 0 Å². The van der Waals surface area contributed by atoms with E-state index in [9.17, 15) is 0 Å². The van der Waals surface area contributed by atoms with Gasteiger partial charge in [0.25, 0.3) is 0 Å². The fourth-order valence-electron chi connectivity index (χ4n) is 0.470. The molecule has 1 aromatic carbocycles. The number of hydrogen-bond donors (Lipinski definition) is 0. The lowest BCUT2D eigenvalue weighted by Crippen LogP contribution is -1.56. The molecule has 0 spiro atoms. The third-order valence-corrected chi connectivity index (χ3v) is 0.885. The molecule has 0 unspecified atom stereocenters. The number of hydrogen-bond acceptors (Lipinski definition) is 0. The standard InChI is InChI=1S/C6H6N2/c7-5-1-2-6(8)4-3-5/h1-4,7-8H/q-2. The van der Waals surface area contributed by atoms with Gasteiger partial charge >= 0.3 is 0 Å². The lowest BCUT2D eigenvalue weighted by molar-refractivity contribution is 1.75. The van der Waals surface area contributed by atoms with E-state index in [2.05, 4.69) is 0 Å². The van der Waals surface area contributed by atoms with Crippen LogP contribution in [0, 0.1) is 0 Å². The summed E-state index contributed by atoms with van der Waals surface area (Å²) in [4.78, 5) is 0. The zero-order chi connectivity index (χ0) is 5.98. The molecule has 0 bridgehead atoms. The fraction of sp³-hybridized carbons (Fsp3) is 0. The Morgan fingerprint density at radius 3 is 1.25 bits per heavy atom. The Labute approximate surface area is 48.1 Å². The molecule has 0 aliphatic carbocycles. The van der Waals surface area contributed by atoms with Crippen LogP contribution in [0.5, 0.6) is 0 Å². The van der Waals surface area contributed by atoms with E-state index in [0.29, 0.717) is 11.4 Å². The van der Waals surface area contributed by atoms with Crippen molar-refractivity contribution in [3.63, 3.8) is 0 Å². The smallest absolute Gasteiger partial charge is 0.0787 e. The maximum atomic E-state index is 7.01. The molecule has 2 N–H and O–H groups in total. The fourth-order valence-corrected chi connectivity index (χ4v) is 0.470. The van der Waals surface area contributed by atoms with Crippen molar-refractivity contribution in [1.82, 2.24) is 0 Å². The Kier molecular flexibility index (Phi) is 1.08. The summed E-state index contributed by atoms with van der Waals surface area (Å²) in [7, 11) is 0. The molecule has 0 aliphatic heterocycles. The number of rotatable bonds is 0. The van der Waals surface area contributed by atoms with Gasteiger partial charge in [-0.15, -0.1) is 11.4 Å². The van der Waals surface area contributed by atoms with Gasteiger partial charge in [-0.25, -0.2) is 0 Å². The van der Waals surface area contributed by atoms with Gasteiger partial charge < -0.3 is 11.5 Å². The van der Waals surface area contributed by atoms with Crippen LogP contribution in [-0.4, -0.2) is 0 Å². The van der Waals surface area contributed by atoms with Crippen molar-refractivity contribution in [2.24, 2.45) is 0 Å². The van der Waals surface area contributed by atoms with E-state index in [1.54, 1.807) is 24.3 Å². The second kappa shape index (κ2) is 1.74. The van der Waals surface area contributed by atoms with Crippen molar-refractivity contribution in [3.05, 3.63) is 35.7 Å². The summed E-state index contributed by atoms with van der Waals surface area (Å²) in [5.41, 5.74) is 14.9. The highest BCUT2D eigenvalue weighted by Crippen LogP contribution is 2.15. The van der Waals surface area contributed by atoms with E-state index in [-0.39, 0.29) is 0 Å². The average molecular weight is 106 g/mol. The molecular formula is C6H6N2-2. The largest absolute Gasteiger partial charge is 0.699 e. The van der Waals surface area contributed by atoms with Crippen molar-refractivity contribution in [1.29, 1.82) is 0 Å². The summed E-state index contributed by atoms with van der Waals surface area (Å²) in [5.74, 6) is 0. The Morgan fingerprint density at radius 1 is 0.750 bits per heavy atom. The number of benzene rings is 1. The topological polar surface area (TPSA) is 47.6 Å². The molecule has 0 radical (unpaired) electrons. The summed E-state index contributed by atoms with van der Waals surface area (Å²) in [6.07, 6.45) is 0. The van der Waals surface area contributed by atoms with Crippen LogP contribution in [0.3, 0.4) is 0 Å². The van der Waals surface area contributed by atoms with Gasteiger partial charge in [0.05, 0.1) is 0 Å².